The van der Waals surface area contributed by atoms with Crippen molar-refractivity contribution in [3.05, 3.63) is 207 Å². The number of para-hydroxylation sites is 3. The molecule has 6 heterocycles. The second kappa shape index (κ2) is 12.4. The molecule has 0 N–H and O–H groups in total. The first kappa shape index (κ1) is 32.8. The van der Waals surface area contributed by atoms with Crippen LogP contribution in [-0.2, 0) is 0 Å². The second-order valence-electron chi connectivity index (χ2n) is 16.0. The van der Waals surface area contributed by atoms with Gasteiger partial charge in [-0.1, -0.05) is 156 Å². The number of fused-ring (bicyclic) bond motifs is 13. The van der Waals surface area contributed by atoms with Gasteiger partial charge in [0.15, 0.2) is 8.07 Å². The van der Waals surface area contributed by atoms with Crippen LogP contribution in [-0.4, -0.2) is 36.0 Å². The predicted molar refractivity (Wildman–Crippen MR) is 250 cm³/mol. The van der Waals surface area contributed by atoms with Crippen molar-refractivity contribution < 1.29 is 0 Å². The minimum Gasteiger partial charge on any atom is -0.312 e. The molecule has 1 spiro atoms. The minimum absolute atomic E-state index is 0.0382. The van der Waals surface area contributed by atoms with Crippen LogP contribution in [0.3, 0.4) is 0 Å². The van der Waals surface area contributed by atoms with Crippen LogP contribution >= 0.6 is 0 Å². The van der Waals surface area contributed by atoms with Gasteiger partial charge in [0, 0.05) is 35.1 Å². The van der Waals surface area contributed by atoms with Gasteiger partial charge in [-0.15, -0.1) is 0 Å². The molecule has 7 heteroatoms. The fourth-order valence-electron chi connectivity index (χ4n) is 11.3. The molecule has 0 saturated heterocycles. The highest BCUT2D eigenvalue weighted by atomic mass is 28.3. The van der Waals surface area contributed by atoms with E-state index < -0.39 is 8.07 Å². The third-order valence-corrected chi connectivity index (χ3v) is 18.3. The van der Waals surface area contributed by atoms with E-state index in [-0.39, 0.29) is 13.4 Å². The van der Waals surface area contributed by atoms with Crippen molar-refractivity contribution in [2.75, 3.05) is 4.90 Å². The van der Waals surface area contributed by atoms with Crippen molar-refractivity contribution in [3.8, 4) is 5.69 Å². The number of anilines is 3. The summed E-state index contributed by atoms with van der Waals surface area (Å²) >= 11 is 0. The number of hydrogen-bond donors (Lipinski definition) is 0. The first-order valence-corrected chi connectivity index (χ1v) is 22.5. The Hall–Kier alpha value is -7.21. The molecule has 0 amide bonds. The van der Waals surface area contributed by atoms with E-state index in [1.165, 1.54) is 70.6 Å². The van der Waals surface area contributed by atoms with E-state index in [2.05, 4.69) is 198 Å². The van der Waals surface area contributed by atoms with E-state index >= 15 is 0 Å². The summed E-state index contributed by atoms with van der Waals surface area (Å²) in [7, 11) is -2.97. The van der Waals surface area contributed by atoms with Gasteiger partial charge < -0.3 is 9.47 Å². The molecule has 3 aliphatic heterocycles. The summed E-state index contributed by atoms with van der Waals surface area (Å²) in [6, 6.07) is 72.6. The molecular weight excluding hydrogens is 730 g/mol. The van der Waals surface area contributed by atoms with Crippen molar-refractivity contribution in [1.82, 2.24) is 14.5 Å². The summed E-state index contributed by atoms with van der Waals surface area (Å²) in [5, 5.41) is 5.88. The number of hydrogen-bond acceptors (Lipinski definition) is 3. The highest BCUT2D eigenvalue weighted by Gasteiger charge is 2.57. The van der Waals surface area contributed by atoms with Gasteiger partial charge in [0.05, 0.1) is 11.0 Å². The molecule has 0 fully saturated rings. The Morgan fingerprint density at radius 1 is 0.373 bits per heavy atom. The Labute approximate surface area is 344 Å². The van der Waals surface area contributed by atoms with Crippen molar-refractivity contribution in [2.45, 2.75) is 0 Å². The average molecular weight is 765 g/mol. The van der Waals surface area contributed by atoms with Crippen molar-refractivity contribution in [3.63, 3.8) is 0 Å². The molecule has 0 aliphatic carbocycles. The zero-order chi connectivity index (χ0) is 38.7. The zero-order valence-electron chi connectivity index (χ0n) is 32.1. The third-order valence-electron chi connectivity index (χ3n) is 13.3. The maximum atomic E-state index is 5.07. The van der Waals surface area contributed by atoms with Gasteiger partial charge >= 0.3 is 0 Å². The lowest BCUT2D eigenvalue weighted by atomic mass is 9.34. The molecule has 59 heavy (non-hydrogen) atoms. The lowest BCUT2D eigenvalue weighted by Crippen LogP contribution is -2.93. The standard InChI is InChI=1S/C52H34B2N4Si/c1-3-17-35(18-4-1)57-42-25-11-7-21-37(42)54-40-24-10-14-30-47(40)59(48-31-15-26-43(57)49(48)54)45-28-12-8-22-38(45)53(39-23-9-13-29-46(39)59)41-32-34-56-51-50-44(27-16-33-55-50)58(52(41)51)36-19-5-2-6-20-36/h1-34H. The topological polar surface area (TPSA) is 34.0 Å². The molecule has 0 saturated carbocycles. The number of aromatic nitrogens is 3. The van der Waals surface area contributed by atoms with Gasteiger partial charge in [-0.05, 0) is 91.7 Å². The molecule has 10 aromatic rings. The quantitative estimate of drug-likeness (QED) is 0.251. The SMILES string of the molecule is c1ccc(N2c3ccccc3B3c4ccccc4[Si]4(c5ccccc5B(c5ccnc6c7ncccc7n(-c7ccccc7)c56)c5ccccc54)c4cccc2c43)cc1. The summed E-state index contributed by atoms with van der Waals surface area (Å²) in [6.07, 6.45) is 3.88. The monoisotopic (exact) mass is 764 g/mol. The van der Waals surface area contributed by atoms with Gasteiger partial charge in [-0.3, -0.25) is 9.97 Å². The maximum absolute atomic E-state index is 5.07. The maximum Gasteiger partial charge on any atom is 0.246 e. The number of nitrogens with zero attached hydrogens (tertiary/aromatic N) is 4. The largest absolute Gasteiger partial charge is 0.312 e. The Kier molecular flexibility index (Phi) is 6.90. The number of pyridine rings is 2. The van der Waals surface area contributed by atoms with Gasteiger partial charge in [-0.2, -0.15) is 0 Å². The van der Waals surface area contributed by atoms with Crippen LogP contribution in [0.4, 0.5) is 17.1 Å². The molecule has 7 aromatic carbocycles. The van der Waals surface area contributed by atoms with E-state index in [9.17, 15) is 0 Å². The van der Waals surface area contributed by atoms with E-state index in [0.717, 1.165) is 27.8 Å². The summed E-state index contributed by atoms with van der Waals surface area (Å²) < 4.78 is 2.39. The average Bonchev–Trinajstić information content (AvgIpc) is 3.65. The van der Waals surface area contributed by atoms with Gasteiger partial charge in [0.25, 0.3) is 0 Å². The molecule has 0 unspecified atom stereocenters. The predicted octanol–water partition coefficient (Wildman–Crippen LogP) is 4.39. The van der Waals surface area contributed by atoms with E-state index in [1.807, 2.05) is 18.5 Å². The van der Waals surface area contributed by atoms with Crippen LogP contribution in [0, 0.1) is 0 Å². The molecule has 0 atom stereocenters. The van der Waals surface area contributed by atoms with Gasteiger partial charge in [-0.25, -0.2) is 0 Å². The lowest BCUT2D eigenvalue weighted by Gasteiger charge is -2.50. The Balaban J connectivity index is 1.15. The molecule has 3 aliphatic rings. The smallest absolute Gasteiger partial charge is 0.246 e. The van der Waals surface area contributed by atoms with E-state index in [4.69, 9.17) is 9.97 Å². The van der Waals surface area contributed by atoms with Crippen LogP contribution in [0.15, 0.2) is 207 Å². The lowest BCUT2D eigenvalue weighted by molar-refractivity contribution is 1.18. The summed E-state index contributed by atoms with van der Waals surface area (Å²) in [4.78, 5) is 12.5. The first-order valence-electron chi connectivity index (χ1n) is 20.5. The molecule has 4 nitrogen and oxygen atoms in total. The molecule has 0 bridgehead atoms. The second-order valence-corrected chi connectivity index (χ2v) is 19.6. The van der Waals surface area contributed by atoms with Crippen LogP contribution in [0.1, 0.15) is 0 Å². The Morgan fingerprint density at radius 2 is 0.915 bits per heavy atom. The highest BCUT2D eigenvalue weighted by molar-refractivity contribution is 7.31. The Morgan fingerprint density at radius 3 is 1.61 bits per heavy atom. The number of rotatable bonds is 3. The van der Waals surface area contributed by atoms with Crippen LogP contribution in [0.25, 0.3) is 27.8 Å². The molecule has 13 rings (SSSR count). The van der Waals surface area contributed by atoms with E-state index in [0.29, 0.717) is 0 Å². The Bertz CT molecular complexity index is 3280. The fourth-order valence-corrected chi connectivity index (χ4v) is 17.0. The van der Waals surface area contributed by atoms with E-state index in [1.54, 1.807) is 0 Å². The zero-order valence-corrected chi connectivity index (χ0v) is 33.1. The first-order chi connectivity index (χ1) is 29.3. The highest BCUT2D eigenvalue weighted by Crippen LogP contribution is 2.36. The van der Waals surface area contributed by atoms with Gasteiger partial charge in [0.1, 0.15) is 11.0 Å². The summed E-state index contributed by atoms with van der Waals surface area (Å²) in [6.45, 7) is 0.0707. The minimum atomic E-state index is -2.97. The van der Waals surface area contributed by atoms with Crippen LogP contribution in [0.5, 0.6) is 0 Å². The fraction of sp³-hybridized carbons (Fsp3) is 0. The van der Waals surface area contributed by atoms with Crippen LogP contribution in [0.2, 0.25) is 0 Å². The van der Waals surface area contributed by atoms with Gasteiger partial charge in [0.2, 0.25) is 13.4 Å². The molecule has 272 valence electrons. The number of benzene rings is 7. The molecular formula is C52H34B2N4Si. The normalized spacial score (nSPS) is 14.1. The molecule has 0 radical (unpaired) electrons. The summed E-state index contributed by atoms with van der Waals surface area (Å²) in [5.41, 5.74) is 17.0. The van der Waals surface area contributed by atoms with Crippen molar-refractivity contribution >= 4 is 114 Å². The van der Waals surface area contributed by atoms with Crippen molar-refractivity contribution in [1.29, 1.82) is 0 Å². The summed E-state index contributed by atoms with van der Waals surface area (Å²) in [5.74, 6) is 0. The third kappa shape index (κ3) is 4.29. The van der Waals surface area contributed by atoms with Crippen LogP contribution < -0.4 is 58.4 Å². The van der Waals surface area contributed by atoms with Crippen molar-refractivity contribution in [2.24, 2.45) is 0 Å². The molecule has 3 aromatic heterocycles.